The van der Waals surface area contributed by atoms with Gasteiger partial charge in [-0.2, -0.15) is 0 Å². The first kappa shape index (κ1) is 19.7. The van der Waals surface area contributed by atoms with Gasteiger partial charge in [0, 0.05) is 12.8 Å². The van der Waals surface area contributed by atoms with Gasteiger partial charge in [0.2, 0.25) is 5.92 Å². The summed E-state index contributed by atoms with van der Waals surface area (Å²) in [5, 5.41) is -0.248. The minimum Gasteiger partial charge on any atom is -0.465 e. The molecular weight excluding hydrogens is 282 g/mol. The Morgan fingerprint density at radius 1 is 1.25 bits per heavy atom. The molecule has 0 aromatic heterocycles. The van der Waals surface area contributed by atoms with Crippen molar-refractivity contribution in [2.45, 2.75) is 71.0 Å². The van der Waals surface area contributed by atoms with Gasteiger partial charge >= 0.3 is 5.97 Å². The smallest absolute Gasteiger partial charge is 0.319 e. The SMILES string of the molecule is CCCCOC(=O)C(SCCCC(F)(F)CC)C(C)C. The van der Waals surface area contributed by atoms with Crippen molar-refractivity contribution in [3.63, 3.8) is 0 Å². The van der Waals surface area contributed by atoms with Crippen molar-refractivity contribution in [1.82, 2.24) is 0 Å². The molecule has 1 unspecified atom stereocenters. The minimum absolute atomic E-state index is 0.105. The molecule has 0 N–H and O–H groups in total. The summed E-state index contributed by atoms with van der Waals surface area (Å²) < 4.78 is 31.4. The zero-order valence-electron chi connectivity index (χ0n) is 13.1. The second kappa shape index (κ2) is 10.4. The van der Waals surface area contributed by atoms with Crippen LogP contribution in [-0.2, 0) is 9.53 Å². The van der Waals surface area contributed by atoms with Crippen molar-refractivity contribution in [3.8, 4) is 0 Å². The largest absolute Gasteiger partial charge is 0.465 e. The number of hydrogen-bond acceptors (Lipinski definition) is 3. The number of rotatable bonds is 11. The molecule has 0 saturated carbocycles. The van der Waals surface area contributed by atoms with Crippen LogP contribution in [0.3, 0.4) is 0 Å². The molecule has 5 heteroatoms. The predicted molar refractivity (Wildman–Crippen MR) is 81.4 cm³/mol. The normalized spacial score (nSPS) is 13.6. The van der Waals surface area contributed by atoms with E-state index in [0.29, 0.717) is 18.8 Å². The molecule has 0 saturated heterocycles. The van der Waals surface area contributed by atoms with Crippen LogP contribution < -0.4 is 0 Å². The number of unbranched alkanes of at least 4 members (excludes halogenated alkanes) is 1. The molecule has 0 amide bonds. The van der Waals surface area contributed by atoms with Crippen LogP contribution in [0.4, 0.5) is 8.78 Å². The van der Waals surface area contributed by atoms with E-state index in [1.54, 1.807) is 0 Å². The summed E-state index contributed by atoms with van der Waals surface area (Å²) in [5.41, 5.74) is 0. The Morgan fingerprint density at radius 3 is 2.40 bits per heavy atom. The first-order chi connectivity index (χ1) is 9.34. The standard InChI is InChI=1S/C15H28F2O2S/c1-5-7-10-19-14(18)13(12(3)4)20-11-8-9-15(16,17)6-2/h12-13H,5-11H2,1-4H3. The van der Waals surface area contributed by atoms with Crippen LogP contribution in [-0.4, -0.2) is 29.5 Å². The highest BCUT2D eigenvalue weighted by Crippen LogP contribution is 2.27. The highest BCUT2D eigenvalue weighted by molar-refractivity contribution is 8.00. The van der Waals surface area contributed by atoms with E-state index in [1.165, 1.54) is 18.7 Å². The third-order valence-corrected chi connectivity index (χ3v) is 4.70. The van der Waals surface area contributed by atoms with Crippen molar-refractivity contribution < 1.29 is 18.3 Å². The van der Waals surface area contributed by atoms with Crippen molar-refractivity contribution in [2.75, 3.05) is 12.4 Å². The van der Waals surface area contributed by atoms with E-state index in [-0.39, 0.29) is 30.0 Å². The van der Waals surface area contributed by atoms with Gasteiger partial charge in [0.05, 0.1) is 6.61 Å². The Balaban J connectivity index is 4.06. The third-order valence-electron chi connectivity index (χ3n) is 3.08. The van der Waals surface area contributed by atoms with E-state index < -0.39 is 5.92 Å². The summed E-state index contributed by atoms with van der Waals surface area (Å²) in [7, 11) is 0. The fraction of sp³-hybridized carbons (Fsp3) is 0.933. The zero-order chi connectivity index (χ0) is 15.6. The number of carbonyl (C=O) groups excluding carboxylic acids is 1. The molecule has 0 aliphatic heterocycles. The molecule has 1 atom stereocenters. The van der Waals surface area contributed by atoms with Gasteiger partial charge in [0.1, 0.15) is 5.25 Å². The number of hydrogen-bond donors (Lipinski definition) is 0. The summed E-state index contributed by atoms with van der Waals surface area (Å²) in [5.74, 6) is -2.06. The van der Waals surface area contributed by atoms with Gasteiger partial charge in [0.25, 0.3) is 0 Å². The van der Waals surface area contributed by atoms with Gasteiger partial charge < -0.3 is 4.74 Å². The molecule has 0 fully saturated rings. The topological polar surface area (TPSA) is 26.3 Å². The van der Waals surface area contributed by atoms with E-state index in [9.17, 15) is 13.6 Å². The molecule has 0 radical (unpaired) electrons. The fourth-order valence-electron chi connectivity index (χ4n) is 1.65. The Bertz CT molecular complexity index is 271. The Morgan fingerprint density at radius 2 is 1.90 bits per heavy atom. The molecule has 0 rings (SSSR count). The lowest BCUT2D eigenvalue weighted by atomic mass is 10.1. The number of thioether (sulfide) groups is 1. The molecular formula is C15H28F2O2S. The van der Waals surface area contributed by atoms with Crippen LogP contribution in [0.1, 0.15) is 59.8 Å². The van der Waals surface area contributed by atoms with E-state index in [2.05, 4.69) is 0 Å². The maximum atomic E-state index is 13.1. The molecule has 120 valence electrons. The van der Waals surface area contributed by atoms with E-state index in [1.807, 2.05) is 20.8 Å². The van der Waals surface area contributed by atoms with Crippen molar-refractivity contribution in [3.05, 3.63) is 0 Å². The van der Waals surface area contributed by atoms with Gasteiger partial charge in [-0.1, -0.05) is 34.1 Å². The van der Waals surface area contributed by atoms with E-state index in [0.717, 1.165) is 12.8 Å². The lowest BCUT2D eigenvalue weighted by Gasteiger charge is -2.19. The monoisotopic (exact) mass is 310 g/mol. The maximum Gasteiger partial charge on any atom is 0.319 e. The number of ether oxygens (including phenoxy) is 1. The number of alkyl halides is 2. The Hall–Kier alpha value is -0.320. The molecule has 0 heterocycles. The molecule has 0 bridgehead atoms. The molecule has 0 spiro atoms. The van der Waals surface area contributed by atoms with E-state index >= 15 is 0 Å². The first-order valence-electron chi connectivity index (χ1n) is 7.50. The molecule has 0 aromatic rings. The summed E-state index contributed by atoms with van der Waals surface area (Å²) in [6, 6.07) is 0. The van der Waals surface area contributed by atoms with Crippen LogP contribution in [0.15, 0.2) is 0 Å². The average molecular weight is 310 g/mol. The molecule has 0 aliphatic rings. The zero-order valence-corrected chi connectivity index (χ0v) is 13.9. The molecule has 2 nitrogen and oxygen atoms in total. The van der Waals surface area contributed by atoms with Gasteiger partial charge in [0.15, 0.2) is 0 Å². The van der Waals surface area contributed by atoms with Crippen LogP contribution in [0.5, 0.6) is 0 Å². The van der Waals surface area contributed by atoms with Crippen LogP contribution in [0.2, 0.25) is 0 Å². The number of halogens is 2. The number of esters is 1. The number of carbonyl (C=O) groups is 1. The highest BCUT2D eigenvalue weighted by Gasteiger charge is 2.27. The van der Waals surface area contributed by atoms with Crippen LogP contribution >= 0.6 is 11.8 Å². The predicted octanol–water partition coefficient (Wildman–Crippen LogP) is 4.91. The van der Waals surface area contributed by atoms with Crippen molar-refractivity contribution >= 4 is 17.7 Å². The summed E-state index contributed by atoms with van der Waals surface area (Å²) in [6.07, 6.45) is 2.05. The van der Waals surface area contributed by atoms with Crippen LogP contribution in [0, 0.1) is 5.92 Å². The maximum absolute atomic E-state index is 13.1. The van der Waals surface area contributed by atoms with Gasteiger partial charge in [-0.25, -0.2) is 8.78 Å². The van der Waals surface area contributed by atoms with Crippen LogP contribution in [0.25, 0.3) is 0 Å². The van der Waals surface area contributed by atoms with Crippen molar-refractivity contribution in [2.24, 2.45) is 5.92 Å². The van der Waals surface area contributed by atoms with Gasteiger partial charge in [-0.3, -0.25) is 4.79 Å². The summed E-state index contributed by atoms with van der Waals surface area (Å²) in [6.45, 7) is 7.90. The second-order valence-electron chi connectivity index (χ2n) is 5.37. The second-order valence-corrected chi connectivity index (χ2v) is 6.62. The van der Waals surface area contributed by atoms with Crippen molar-refractivity contribution in [1.29, 1.82) is 0 Å². The fourth-order valence-corrected chi connectivity index (χ4v) is 2.80. The van der Waals surface area contributed by atoms with Gasteiger partial charge in [-0.05, 0) is 24.5 Å². The summed E-state index contributed by atoms with van der Waals surface area (Å²) >= 11 is 1.44. The highest BCUT2D eigenvalue weighted by atomic mass is 32.2. The summed E-state index contributed by atoms with van der Waals surface area (Å²) in [4.78, 5) is 11.9. The van der Waals surface area contributed by atoms with Gasteiger partial charge in [-0.15, -0.1) is 11.8 Å². The quantitative estimate of drug-likeness (QED) is 0.400. The van der Waals surface area contributed by atoms with E-state index in [4.69, 9.17) is 4.74 Å². The molecule has 0 aliphatic carbocycles. The Kier molecular flexibility index (Phi) is 10.2. The Labute approximate surface area is 126 Å². The first-order valence-corrected chi connectivity index (χ1v) is 8.55. The molecule has 20 heavy (non-hydrogen) atoms. The minimum atomic E-state index is -2.57. The molecule has 0 aromatic carbocycles. The lowest BCUT2D eigenvalue weighted by Crippen LogP contribution is -2.26. The lowest BCUT2D eigenvalue weighted by molar-refractivity contribution is -0.143. The average Bonchev–Trinajstić information content (AvgIpc) is 2.38. The third kappa shape index (κ3) is 8.77.